The topological polar surface area (TPSA) is 96.2 Å². The average Bonchev–Trinajstić information content (AvgIpc) is 3.30. The largest absolute Gasteiger partial charge is 0.481 e. The highest BCUT2D eigenvalue weighted by Gasteiger charge is 2.36. The van der Waals surface area contributed by atoms with Crippen molar-refractivity contribution in [2.75, 3.05) is 0 Å². The maximum absolute atomic E-state index is 10.8. The number of aromatic amines is 1. The van der Waals surface area contributed by atoms with Crippen molar-refractivity contribution in [3.8, 4) is 0 Å². The summed E-state index contributed by atoms with van der Waals surface area (Å²) in [4.78, 5) is 18.3. The molecule has 7 heteroatoms. The Morgan fingerprint density at radius 3 is 3.08 bits per heavy atom. The fourth-order valence-corrected chi connectivity index (χ4v) is 4.42. The van der Waals surface area contributed by atoms with E-state index in [1.807, 2.05) is 12.3 Å². The average molecular weight is 341 g/mol. The van der Waals surface area contributed by atoms with Crippen molar-refractivity contribution in [3.05, 3.63) is 24.3 Å². The molecule has 0 bridgehead atoms. The van der Waals surface area contributed by atoms with E-state index in [1.54, 1.807) is 6.20 Å². The Balaban J connectivity index is 1.63. The molecule has 1 fully saturated rings. The zero-order chi connectivity index (χ0) is 17.4. The van der Waals surface area contributed by atoms with Gasteiger partial charge in [0.25, 0.3) is 0 Å². The van der Waals surface area contributed by atoms with E-state index >= 15 is 0 Å². The summed E-state index contributed by atoms with van der Waals surface area (Å²) in [6.45, 7) is 2.23. The number of rotatable bonds is 6. The highest BCUT2D eigenvalue weighted by Crippen LogP contribution is 2.46. The van der Waals surface area contributed by atoms with Crippen LogP contribution in [0.1, 0.15) is 57.2 Å². The predicted octanol–water partition coefficient (Wildman–Crippen LogP) is 3.38. The molecule has 3 heterocycles. The lowest BCUT2D eigenvalue weighted by Crippen LogP contribution is -2.09. The van der Waals surface area contributed by atoms with Crippen LogP contribution in [-0.4, -0.2) is 35.6 Å². The summed E-state index contributed by atoms with van der Waals surface area (Å²) in [6, 6.07) is 2.02. The van der Waals surface area contributed by atoms with Crippen LogP contribution in [0.3, 0.4) is 0 Å². The van der Waals surface area contributed by atoms with Crippen molar-refractivity contribution in [1.29, 1.82) is 0 Å². The molecule has 25 heavy (non-hydrogen) atoms. The molecule has 3 unspecified atom stereocenters. The molecule has 0 aromatic carbocycles. The summed E-state index contributed by atoms with van der Waals surface area (Å²) in [5.41, 5.74) is 2.64. The lowest BCUT2D eigenvalue weighted by molar-refractivity contribution is -0.137. The van der Waals surface area contributed by atoms with Crippen LogP contribution < -0.4 is 0 Å². The molecule has 0 saturated heterocycles. The summed E-state index contributed by atoms with van der Waals surface area (Å²) < 4.78 is 2.13. The molecule has 2 N–H and O–H groups in total. The second kappa shape index (κ2) is 6.46. The van der Waals surface area contributed by atoms with Crippen molar-refractivity contribution >= 4 is 22.8 Å². The second-order valence-electron chi connectivity index (χ2n) is 7.12. The summed E-state index contributed by atoms with van der Waals surface area (Å²) >= 11 is 0. The lowest BCUT2D eigenvalue weighted by Gasteiger charge is -2.16. The fourth-order valence-electron chi connectivity index (χ4n) is 4.42. The maximum atomic E-state index is 10.8. The molecular weight excluding hydrogens is 318 g/mol. The van der Waals surface area contributed by atoms with Crippen LogP contribution in [0, 0.1) is 11.8 Å². The van der Waals surface area contributed by atoms with Crippen LogP contribution in [0.15, 0.2) is 18.5 Å². The number of hydrogen-bond donors (Lipinski definition) is 2. The van der Waals surface area contributed by atoms with Gasteiger partial charge in [0, 0.05) is 18.5 Å². The van der Waals surface area contributed by atoms with Crippen molar-refractivity contribution < 1.29 is 9.90 Å². The maximum Gasteiger partial charge on any atom is 0.303 e. The van der Waals surface area contributed by atoms with Gasteiger partial charge in [0.15, 0.2) is 11.3 Å². The summed E-state index contributed by atoms with van der Waals surface area (Å²) in [5.74, 6) is 1.84. The predicted molar refractivity (Wildman–Crippen MR) is 93.4 cm³/mol. The molecule has 3 aromatic rings. The molecule has 132 valence electrons. The monoisotopic (exact) mass is 341 g/mol. The van der Waals surface area contributed by atoms with E-state index in [2.05, 4.69) is 31.5 Å². The third-order valence-corrected chi connectivity index (χ3v) is 5.62. The second-order valence-corrected chi connectivity index (χ2v) is 7.12. The number of carboxylic acid groups (broad SMARTS) is 1. The Kier molecular flexibility index (Phi) is 4.15. The molecule has 0 amide bonds. The smallest absolute Gasteiger partial charge is 0.303 e. The Morgan fingerprint density at radius 2 is 2.28 bits per heavy atom. The molecule has 3 aromatic heterocycles. The van der Waals surface area contributed by atoms with Crippen LogP contribution in [0.25, 0.3) is 16.8 Å². The standard InChI is InChI=1S/C18H23N5O2/c1-2-12-8-11(4-3-5-16(24)25)9-13(12)18-22-21-15-10-20-17-14(23(15)18)6-7-19-17/h6-7,10-13,19H,2-5,8-9H2,1H3,(H,24,25). The Morgan fingerprint density at radius 1 is 1.40 bits per heavy atom. The van der Waals surface area contributed by atoms with Crippen LogP contribution in [0.5, 0.6) is 0 Å². The zero-order valence-electron chi connectivity index (χ0n) is 14.4. The molecule has 0 radical (unpaired) electrons. The van der Waals surface area contributed by atoms with E-state index in [-0.39, 0.29) is 6.42 Å². The van der Waals surface area contributed by atoms with Gasteiger partial charge in [-0.3, -0.25) is 9.20 Å². The first-order chi connectivity index (χ1) is 12.2. The van der Waals surface area contributed by atoms with Gasteiger partial charge in [0.1, 0.15) is 5.82 Å². The zero-order valence-corrected chi connectivity index (χ0v) is 14.4. The molecule has 7 nitrogen and oxygen atoms in total. The number of nitrogens with zero attached hydrogens (tertiary/aromatic N) is 4. The van der Waals surface area contributed by atoms with Crippen LogP contribution in [0.4, 0.5) is 0 Å². The first kappa shape index (κ1) is 16.1. The third-order valence-electron chi connectivity index (χ3n) is 5.62. The minimum absolute atomic E-state index is 0.265. The highest BCUT2D eigenvalue weighted by atomic mass is 16.4. The molecule has 0 spiro atoms. The minimum Gasteiger partial charge on any atom is -0.481 e. The summed E-state index contributed by atoms with van der Waals surface area (Å²) in [7, 11) is 0. The Labute approximate surface area is 145 Å². The normalized spacial score (nSPS) is 23.6. The molecule has 3 atom stereocenters. The first-order valence-electron chi connectivity index (χ1n) is 9.06. The molecular formula is C18H23N5O2. The van der Waals surface area contributed by atoms with Gasteiger partial charge in [-0.05, 0) is 43.6 Å². The molecule has 1 aliphatic carbocycles. The van der Waals surface area contributed by atoms with Gasteiger partial charge in [-0.1, -0.05) is 13.3 Å². The van der Waals surface area contributed by atoms with Crippen LogP contribution in [-0.2, 0) is 4.79 Å². The quantitative estimate of drug-likeness (QED) is 0.716. The van der Waals surface area contributed by atoms with E-state index in [0.29, 0.717) is 17.8 Å². The SMILES string of the molecule is CCC1CC(CCCC(=O)O)CC1c1nnc2cnc3[nH]ccc3n12. The number of carbonyl (C=O) groups is 1. The van der Waals surface area contributed by atoms with E-state index in [1.165, 1.54) is 0 Å². The number of aliphatic carboxylic acids is 1. The third kappa shape index (κ3) is 2.88. The number of H-pyrrole nitrogens is 1. The van der Waals surface area contributed by atoms with Gasteiger partial charge >= 0.3 is 5.97 Å². The summed E-state index contributed by atoms with van der Waals surface area (Å²) in [5, 5.41) is 17.7. The highest BCUT2D eigenvalue weighted by molar-refractivity contribution is 5.74. The van der Waals surface area contributed by atoms with Gasteiger partial charge in [-0.15, -0.1) is 10.2 Å². The van der Waals surface area contributed by atoms with E-state index in [4.69, 9.17) is 5.11 Å². The number of carboxylic acids is 1. The Hall–Kier alpha value is -2.44. The van der Waals surface area contributed by atoms with Crippen molar-refractivity contribution in [3.63, 3.8) is 0 Å². The van der Waals surface area contributed by atoms with Gasteiger partial charge in [0.05, 0.1) is 11.7 Å². The summed E-state index contributed by atoms with van der Waals surface area (Å²) in [6.07, 6.45) is 8.98. The van der Waals surface area contributed by atoms with Gasteiger partial charge in [-0.25, -0.2) is 4.98 Å². The minimum atomic E-state index is -0.701. The molecule has 0 aliphatic heterocycles. The van der Waals surface area contributed by atoms with E-state index in [9.17, 15) is 4.79 Å². The molecule has 1 saturated carbocycles. The lowest BCUT2D eigenvalue weighted by atomic mass is 9.93. The number of nitrogens with one attached hydrogen (secondary N) is 1. The number of fused-ring (bicyclic) bond motifs is 3. The van der Waals surface area contributed by atoms with E-state index < -0.39 is 5.97 Å². The van der Waals surface area contributed by atoms with Gasteiger partial charge < -0.3 is 10.1 Å². The van der Waals surface area contributed by atoms with Crippen molar-refractivity contribution in [2.45, 2.75) is 51.4 Å². The molecule has 1 aliphatic rings. The number of hydrogen-bond acceptors (Lipinski definition) is 4. The Bertz CT molecular complexity index is 899. The van der Waals surface area contributed by atoms with Crippen LogP contribution in [0.2, 0.25) is 0 Å². The van der Waals surface area contributed by atoms with Gasteiger partial charge in [0.2, 0.25) is 0 Å². The number of aromatic nitrogens is 5. The molecule has 4 rings (SSSR count). The first-order valence-corrected chi connectivity index (χ1v) is 9.06. The fraction of sp³-hybridized carbons (Fsp3) is 0.556. The van der Waals surface area contributed by atoms with Crippen molar-refractivity contribution in [2.24, 2.45) is 11.8 Å². The van der Waals surface area contributed by atoms with E-state index in [0.717, 1.165) is 54.7 Å². The van der Waals surface area contributed by atoms with Gasteiger partial charge in [-0.2, -0.15) is 0 Å². The van der Waals surface area contributed by atoms with Crippen LogP contribution >= 0.6 is 0 Å². The van der Waals surface area contributed by atoms with Crippen molar-refractivity contribution in [1.82, 2.24) is 24.6 Å².